The summed E-state index contributed by atoms with van der Waals surface area (Å²) >= 11 is 6.06. The van der Waals surface area contributed by atoms with E-state index in [1.54, 1.807) is 26.0 Å². The van der Waals surface area contributed by atoms with Crippen LogP contribution in [-0.2, 0) is 19.1 Å². The monoisotopic (exact) mass is 364 g/mol. The van der Waals surface area contributed by atoms with E-state index in [1.807, 2.05) is 0 Å². The highest BCUT2D eigenvalue weighted by atomic mass is 35.5. The van der Waals surface area contributed by atoms with Gasteiger partial charge in [0.1, 0.15) is 5.92 Å². The highest BCUT2D eigenvalue weighted by molar-refractivity contribution is 6.46. The fourth-order valence-corrected chi connectivity index (χ4v) is 2.98. The number of carbonyl (C=O) groups is 3. The number of hydrogen-bond donors (Lipinski definition) is 0. The molecule has 0 radical (unpaired) electrons. The molecular weight excluding hydrogens is 352 g/mol. The van der Waals surface area contributed by atoms with Crippen molar-refractivity contribution in [2.24, 2.45) is 16.3 Å². The number of carbonyl (C=O) groups excluding carboxylic acids is 3. The molecule has 3 rings (SSSR count). The molecule has 2 heterocycles. The third kappa shape index (κ3) is 2.56. The minimum atomic E-state index is -1.30. The van der Waals surface area contributed by atoms with Crippen molar-refractivity contribution < 1.29 is 19.1 Å². The predicted octanol–water partition coefficient (Wildman–Crippen LogP) is 1.42. The second-order valence-corrected chi connectivity index (χ2v) is 5.88. The number of ether oxygens (including phenoxy) is 1. The van der Waals surface area contributed by atoms with Crippen LogP contribution < -0.4 is 4.90 Å². The third-order valence-corrected chi connectivity index (χ3v) is 4.42. The number of benzene rings is 1. The SMILES string of the molecule is CCOC(=O)C1=NN(N=O)[C@@H]2C(=O)N(c3ccc(C)c(Cl)c3)C(=O)[C@H]12. The van der Waals surface area contributed by atoms with Crippen LogP contribution in [-0.4, -0.2) is 41.3 Å². The molecule has 2 amide bonds. The molecule has 9 nitrogen and oxygen atoms in total. The number of nitroso groups, excluding NO2 is 1. The van der Waals surface area contributed by atoms with Crippen LogP contribution in [0.3, 0.4) is 0 Å². The molecule has 0 aliphatic carbocycles. The molecule has 0 spiro atoms. The summed E-state index contributed by atoms with van der Waals surface area (Å²) in [6, 6.07) is 3.37. The maximum Gasteiger partial charge on any atom is 0.355 e. The number of hydrazone groups is 1. The number of halogens is 1. The van der Waals surface area contributed by atoms with Gasteiger partial charge in [0.15, 0.2) is 11.8 Å². The molecule has 0 N–H and O–H groups in total. The molecular formula is C15H13ClN4O5. The number of hydrogen-bond acceptors (Lipinski definition) is 7. The lowest BCUT2D eigenvalue weighted by Crippen LogP contribution is -2.36. The van der Waals surface area contributed by atoms with Crippen LogP contribution >= 0.6 is 11.6 Å². The Balaban J connectivity index is 2.02. The van der Waals surface area contributed by atoms with Crippen molar-refractivity contribution in [3.05, 3.63) is 33.7 Å². The van der Waals surface area contributed by atoms with Gasteiger partial charge in [-0.05, 0) is 31.5 Å². The first kappa shape index (κ1) is 17.0. The molecule has 1 aromatic carbocycles. The lowest BCUT2D eigenvalue weighted by Gasteiger charge is -2.17. The van der Waals surface area contributed by atoms with Gasteiger partial charge in [-0.25, -0.2) is 9.69 Å². The van der Waals surface area contributed by atoms with Gasteiger partial charge >= 0.3 is 5.97 Å². The zero-order chi connectivity index (χ0) is 18.3. The Kier molecular flexibility index (Phi) is 4.25. The molecule has 0 unspecified atom stereocenters. The van der Waals surface area contributed by atoms with Crippen LogP contribution in [0.25, 0.3) is 0 Å². The van der Waals surface area contributed by atoms with Crippen LogP contribution in [0.1, 0.15) is 12.5 Å². The van der Waals surface area contributed by atoms with Gasteiger partial charge in [-0.3, -0.25) is 9.59 Å². The first-order valence-electron chi connectivity index (χ1n) is 7.42. The van der Waals surface area contributed by atoms with Gasteiger partial charge in [-0.2, -0.15) is 0 Å². The van der Waals surface area contributed by atoms with Crippen molar-refractivity contribution in [2.45, 2.75) is 19.9 Å². The fourth-order valence-electron chi connectivity index (χ4n) is 2.81. The summed E-state index contributed by atoms with van der Waals surface area (Å²) in [6.07, 6.45) is 0. The van der Waals surface area contributed by atoms with E-state index in [1.165, 1.54) is 6.07 Å². The van der Waals surface area contributed by atoms with Crippen molar-refractivity contribution in [1.82, 2.24) is 5.12 Å². The second-order valence-electron chi connectivity index (χ2n) is 5.48. The molecule has 2 aliphatic heterocycles. The molecule has 2 aliphatic rings. The Labute approximate surface area is 147 Å². The van der Waals surface area contributed by atoms with E-state index in [4.69, 9.17) is 16.3 Å². The van der Waals surface area contributed by atoms with E-state index in [0.717, 1.165) is 10.5 Å². The average molecular weight is 365 g/mol. The van der Waals surface area contributed by atoms with Gasteiger partial charge in [0.25, 0.3) is 5.91 Å². The molecule has 1 fully saturated rings. The highest BCUT2D eigenvalue weighted by Gasteiger charge is 2.59. The van der Waals surface area contributed by atoms with Crippen molar-refractivity contribution >= 4 is 40.8 Å². The standard InChI is InChI=1S/C15H13ClN4O5/c1-3-25-15(23)11-10-12(20(17-11)18-24)14(22)19(13(10)21)8-5-4-7(2)9(16)6-8/h4-6,10,12H,3H2,1-2H3/t10-,12+/m1/s1. The van der Waals surface area contributed by atoms with E-state index < -0.39 is 29.7 Å². The first-order valence-corrected chi connectivity index (χ1v) is 7.80. The first-order chi connectivity index (χ1) is 11.9. The number of anilines is 1. The van der Waals surface area contributed by atoms with Gasteiger partial charge in [-0.1, -0.05) is 17.7 Å². The van der Waals surface area contributed by atoms with Crippen molar-refractivity contribution in [1.29, 1.82) is 0 Å². The summed E-state index contributed by atoms with van der Waals surface area (Å²) in [5.74, 6) is -3.51. The van der Waals surface area contributed by atoms with Gasteiger partial charge in [0.2, 0.25) is 5.91 Å². The van der Waals surface area contributed by atoms with E-state index >= 15 is 0 Å². The number of aryl methyl sites for hydroxylation is 1. The molecule has 25 heavy (non-hydrogen) atoms. The van der Waals surface area contributed by atoms with Crippen LogP contribution in [0.15, 0.2) is 28.6 Å². The molecule has 1 saturated heterocycles. The summed E-state index contributed by atoms with van der Waals surface area (Å²) in [5.41, 5.74) is 0.703. The van der Waals surface area contributed by atoms with Crippen LogP contribution in [0.4, 0.5) is 5.69 Å². The number of amides is 2. The maximum absolute atomic E-state index is 12.8. The second kappa shape index (κ2) is 6.25. The minimum absolute atomic E-state index is 0.0587. The average Bonchev–Trinajstić information content (AvgIpc) is 3.08. The number of esters is 1. The zero-order valence-corrected chi connectivity index (χ0v) is 14.1. The van der Waals surface area contributed by atoms with Crippen molar-refractivity contribution in [2.75, 3.05) is 11.5 Å². The van der Waals surface area contributed by atoms with Gasteiger partial charge in [0, 0.05) is 5.02 Å². The Morgan fingerprint density at radius 2 is 2.08 bits per heavy atom. The lowest BCUT2D eigenvalue weighted by molar-refractivity contribution is -0.136. The fraction of sp³-hybridized carbons (Fsp3) is 0.333. The number of fused-ring (bicyclic) bond motifs is 1. The molecule has 1 aromatic rings. The van der Waals surface area contributed by atoms with E-state index in [-0.39, 0.29) is 18.0 Å². The normalized spacial score (nSPS) is 22.1. The molecule has 10 heteroatoms. The quantitative estimate of drug-likeness (QED) is 0.454. The van der Waals surface area contributed by atoms with E-state index in [2.05, 4.69) is 10.4 Å². The number of nitrogens with zero attached hydrogens (tertiary/aromatic N) is 4. The van der Waals surface area contributed by atoms with Gasteiger partial charge in [0.05, 0.1) is 17.6 Å². The van der Waals surface area contributed by atoms with Gasteiger partial charge < -0.3 is 4.74 Å². The van der Waals surface area contributed by atoms with Crippen LogP contribution in [0.2, 0.25) is 5.02 Å². The predicted molar refractivity (Wildman–Crippen MR) is 87.7 cm³/mol. The Hall–Kier alpha value is -2.81. The number of imide groups is 1. The minimum Gasteiger partial charge on any atom is -0.461 e. The summed E-state index contributed by atoms with van der Waals surface area (Å²) in [5, 5.41) is 7.21. The lowest BCUT2D eigenvalue weighted by atomic mass is 9.98. The summed E-state index contributed by atoms with van der Waals surface area (Å²) in [4.78, 5) is 49.3. The molecule has 2 atom stereocenters. The Morgan fingerprint density at radius 1 is 1.36 bits per heavy atom. The number of rotatable bonds is 4. The molecule has 0 saturated carbocycles. The van der Waals surface area contributed by atoms with Crippen molar-refractivity contribution in [3.63, 3.8) is 0 Å². The third-order valence-electron chi connectivity index (χ3n) is 4.01. The molecule has 0 bridgehead atoms. The van der Waals surface area contributed by atoms with Crippen LogP contribution in [0, 0.1) is 17.7 Å². The van der Waals surface area contributed by atoms with Crippen molar-refractivity contribution in [3.8, 4) is 0 Å². The Bertz CT molecular complexity index is 824. The maximum atomic E-state index is 12.8. The zero-order valence-electron chi connectivity index (χ0n) is 13.3. The van der Waals surface area contributed by atoms with E-state index in [0.29, 0.717) is 10.1 Å². The van der Waals surface area contributed by atoms with Crippen LogP contribution in [0.5, 0.6) is 0 Å². The van der Waals surface area contributed by atoms with E-state index in [9.17, 15) is 19.3 Å². The summed E-state index contributed by atoms with van der Waals surface area (Å²) in [6.45, 7) is 3.42. The summed E-state index contributed by atoms with van der Waals surface area (Å²) in [7, 11) is 0. The van der Waals surface area contributed by atoms with Gasteiger partial charge in [-0.15, -0.1) is 15.1 Å². The Morgan fingerprint density at radius 3 is 2.68 bits per heavy atom. The smallest absolute Gasteiger partial charge is 0.355 e. The largest absolute Gasteiger partial charge is 0.461 e. The molecule has 130 valence electrons. The summed E-state index contributed by atoms with van der Waals surface area (Å²) < 4.78 is 4.84. The molecule has 0 aromatic heterocycles. The highest BCUT2D eigenvalue weighted by Crippen LogP contribution is 2.36. The topological polar surface area (TPSA) is 109 Å².